The van der Waals surface area contributed by atoms with E-state index < -0.39 is 5.41 Å². The van der Waals surface area contributed by atoms with E-state index in [1.165, 1.54) is 0 Å². The number of ether oxygens (including phenoxy) is 1. The Morgan fingerprint density at radius 1 is 1.40 bits per heavy atom. The molecule has 3 heteroatoms. The van der Waals surface area contributed by atoms with Gasteiger partial charge in [-0.3, -0.25) is 4.79 Å². The van der Waals surface area contributed by atoms with Crippen LogP contribution in [0.15, 0.2) is 0 Å². The van der Waals surface area contributed by atoms with Gasteiger partial charge in [0.25, 0.3) is 0 Å². The van der Waals surface area contributed by atoms with Gasteiger partial charge >= 0.3 is 5.97 Å². The molecule has 0 radical (unpaired) electrons. The van der Waals surface area contributed by atoms with Crippen LogP contribution in [-0.2, 0) is 9.53 Å². The fraction of sp³-hybridized carbons (Fsp3) is 0.917. The van der Waals surface area contributed by atoms with Crippen LogP contribution < -0.4 is 0 Å². The number of aliphatic hydroxyl groups is 1. The molecule has 1 N–H and O–H groups in total. The van der Waals surface area contributed by atoms with Gasteiger partial charge in [-0.05, 0) is 52.9 Å². The Hall–Kier alpha value is -0.570. The quantitative estimate of drug-likeness (QED) is 0.732. The van der Waals surface area contributed by atoms with E-state index in [1.807, 2.05) is 27.7 Å². The summed E-state index contributed by atoms with van der Waals surface area (Å²) >= 11 is 0. The highest BCUT2D eigenvalue weighted by Crippen LogP contribution is 2.40. The van der Waals surface area contributed by atoms with Crippen molar-refractivity contribution < 1.29 is 14.6 Å². The molecule has 0 bridgehead atoms. The largest absolute Gasteiger partial charge is 0.463 e. The van der Waals surface area contributed by atoms with Gasteiger partial charge in [-0.1, -0.05) is 0 Å². The highest BCUT2D eigenvalue weighted by atomic mass is 16.5. The second-order valence-electron chi connectivity index (χ2n) is 5.34. The number of carbonyl (C=O) groups is 1. The zero-order chi connectivity index (χ0) is 11.6. The number of hydrogen-bond acceptors (Lipinski definition) is 3. The molecule has 0 heterocycles. The summed E-state index contributed by atoms with van der Waals surface area (Å²) in [5, 5.41) is 9.47. The van der Waals surface area contributed by atoms with Crippen molar-refractivity contribution in [1.82, 2.24) is 0 Å². The normalized spacial score (nSPS) is 27.1. The summed E-state index contributed by atoms with van der Waals surface area (Å²) in [5.74, 6) is 0.107. The van der Waals surface area contributed by atoms with Crippen molar-refractivity contribution in [3.8, 4) is 0 Å². The van der Waals surface area contributed by atoms with E-state index in [0.29, 0.717) is 0 Å². The fourth-order valence-corrected chi connectivity index (χ4v) is 2.15. The SMILES string of the molecule is CC(C)OC(=O)C(C)(C)[C@H]1CC[C@@H](O)C1. The van der Waals surface area contributed by atoms with E-state index in [-0.39, 0.29) is 24.1 Å². The first-order valence-corrected chi connectivity index (χ1v) is 5.73. The smallest absolute Gasteiger partial charge is 0.312 e. The summed E-state index contributed by atoms with van der Waals surface area (Å²) < 4.78 is 5.24. The molecular formula is C12H22O3. The van der Waals surface area contributed by atoms with Crippen molar-refractivity contribution in [2.24, 2.45) is 11.3 Å². The summed E-state index contributed by atoms with van der Waals surface area (Å²) in [6.45, 7) is 7.55. The van der Waals surface area contributed by atoms with Gasteiger partial charge in [0, 0.05) is 0 Å². The maximum Gasteiger partial charge on any atom is 0.312 e. The molecule has 88 valence electrons. The molecule has 2 atom stereocenters. The van der Waals surface area contributed by atoms with Crippen LogP contribution in [0.25, 0.3) is 0 Å². The number of carbonyl (C=O) groups excluding carboxylic acids is 1. The van der Waals surface area contributed by atoms with Crippen molar-refractivity contribution in [2.75, 3.05) is 0 Å². The molecule has 1 fully saturated rings. The molecule has 1 aliphatic carbocycles. The van der Waals surface area contributed by atoms with Gasteiger partial charge in [0.2, 0.25) is 0 Å². The van der Waals surface area contributed by atoms with Gasteiger partial charge in [-0.25, -0.2) is 0 Å². The molecule has 0 aromatic carbocycles. The second-order valence-corrected chi connectivity index (χ2v) is 5.34. The Morgan fingerprint density at radius 2 is 2.00 bits per heavy atom. The lowest BCUT2D eigenvalue weighted by atomic mass is 9.78. The average molecular weight is 214 g/mol. The maximum absolute atomic E-state index is 11.9. The fourth-order valence-electron chi connectivity index (χ4n) is 2.15. The van der Waals surface area contributed by atoms with E-state index in [9.17, 15) is 9.90 Å². The van der Waals surface area contributed by atoms with Crippen LogP contribution in [0.3, 0.4) is 0 Å². The molecule has 0 aliphatic heterocycles. The van der Waals surface area contributed by atoms with Gasteiger partial charge in [0.1, 0.15) is 0 Å². The number of aliphatic hydroxyl groups excluding tert-OH is 1. The lowest BCUT2D eigenvalue weighted by Crippen LogP contribution is -2.35. The minimum absolute atomic E-state index is 0.0666. The lowest BCUT2D eigenvalue weighted by molar-refractivity contribution is -0.161. The average Bonchev–Trinajstić information content (AvgIpc) is 2.50. The van der Waals surface area contributed by atoms with E-state index in [2.05, 4.69) is 0 Å². The standard InChI is InChI=1S/C12H22O3/c1-8(2)15-11(14)12(3,4)9-5-6-10(13)7-9/h8-10,13H,5-7H2,1-4H3/t9-,10+/m0/s1. The van der Waals surface area contributed by atoms with Crippen LogP contribution in [0.4, 0.5) is 0 Å². The second kappa shape index (κ2) is 4.52. The minimum atomic E-state index is -0.470. The van der Waals surface area contributed by atoms with Crippen LogP contribution >= 0.6 is 0 Å². The Bertz CT molecular complexity index is 233. The molecule has 0 aromatic rings. The van der Waals surface area contributed by atoms with Gasteiger partial charge in [-0.2, -0.15) is 0 Å². The van der Waals surface area contributed by atoms with Gasteiger partial charge in [0.15, 0.2) is 0 Å². The van der Waals surface area contributed by atoms with Crippen molar-refractivity contribution in [2.45, 2.75) is 59.2 Å². The topological polar surface area (TPSA) is 46.5 Å². The van der Waals surface area contributed by atoms with Crippen LogP contribution in [-0.4, -0.2) is 23.3 Å². The molecule has 15 heavy (non-hydrogen) atoms. The molecule has 0 spiro atoms. The van der Waals surface area contributed by atoms with E-state index >= 15 is 0 Å². The molecule has 3 nitrogen and oxygen atoms in total. The van der Waals surface area contributed by atoms with Crippen LogP contribution in [0, 0.1) is 11.3 Å². The van der Waals surface area contributed by atoms with Crippen LogP contribution in [0.1, 0.15) is 47.0 Å². The summed E-state index contributed by atoms with van der Waals surface area (Å²) in [4.78, 5) is 11.9. The monoisotopic (exact) mass is 214 g/mol. The van der Waals surface area contributed by atoms with Crippen LogP contribution in [0.5, 0.6) is 0 Å². The number of rotatable bonds is 3. The van der Waals surface area contributed by atoms with E-state index in [1.54, 1.807) is 0 Å². The zero-order valence-electron chi connectivity index (χ0n) is 10.1. The predicted molar refractivity (Wildman–Crippen MR) is 58.4 cm³/mol. The molecule has 0 saturated heterocycles. The van der Waals surface area contributed by atoms with Crippen molar-refractivity contribution >= 4 is 5.97 Å². The molecule has 1 rings (SSSR count). The number of hydrogen-bond donors (Lipinski definition) is 1. The summed E-state index contributed by atoms with van der Waals surface area (Å²) in [6.07, 6.45) is 2.15. The highest BCUT2D eigenvalue weighted by Gasteiger charge is 2.42. The highest BCUT2D eigenvalue weighted by molar-refractivity contribution is 5.76. The van der Waals surface area contributed by atoms with Crippen LogP contribution in [0.2, 0.25) is 0 Å². The predicted octanol–water partition coefficient (Wildman–Crippen LogP) is 2.13. The molecule has 0 unspecified atom stereocenters. The first kappa shape index (κ1) is 12.5. The van der Waals surface area contributed by atoms with Gasteiger partial charge < -0.3 is 9.84 Å². The summed E-state index contributed by atoms with van der Waals surface area (Å²) in [6, 6.07) is 0. The third-order valence-electron chi connectivity index (χ3n) is 3.29. The van der Waals surface area contributed by atoms with E-state index in [0.717, 1.165) is 19.3 Å². The maximum atomic E-state index is 11.9. The Morgan fingerprint density at radius 3 is 2.40 bits per heavy atom. The molecule has 1 saturated carbocycles. The Kier molecular flexibility index (Phi) is 3.77. The third-order valence-corrected chi connectivity index (χ3v) is 3.29. The molecule has 0 aromatic heterocycles. The lowest BCUT2D eigenvalue weighted by Gasteiger charge is -2.30. The van der Waals surface area contributed by atoms with Crippen molar-refractivity contribution in [3.63, 3.8) is 0 Å². The summed E-state index contributed by atoms with van der Waals surface area (Å²) in [7, 11) is 0. The number of esters is 1. The molecule has 0 amide bonds. The summed E-state index contributed by atoms with van der Waals surface area (Å²) in [5.41, 5.74) is -0.470. The minimum Gasteiger partial charge on any atom is -0.463 e. The van der Waals surface area contributed by atoms with E-state index in [4.69, 9.17) is 4.74 Å². The molecule has 1 aliphatic rings. The van der Waals surface area contributed by atoms with Crippen molar-refractivity contribution in [1.29, 1.82) is 0 Å². The van der Waals surface area contributed by atoms with Gasteiger partial charge in [-0.15, -0.1) is 0 Å². The first-order valence-electron chi connectivity index (χ1n) is 5.73. The third kappa shape index (κ3) is 2.94. The molecular weight excluding hydrogens is 192 g/mol. The first-order chi connectivity index (χ1) is 6.84. The zero-order valence-corrected chi connectivity index (χ0v) is 10.1. The Labute approximate surface area is 91.8 Å². The van der Waals surface area contributed by atoms with Crippen molar-refractivity contribution in [3.05, 3.63) is 0 Å². The van der Waals surface area contributed by atoms with Gasteiger partial charge in [0.05, 0.1) is 17.6 Å². The Balaban J connectivity index is 2.61.